The van der Waals surface area contributed by atoms with E-state index in [1.54, 1.807) is 4.90 Å². The maximum Gasteiger partial charge on any atom is 0.414 e. The molecule has 1 amide bonds. The minimum Gasteiger partial charge on any atom is -0.449 e. The lowest BCUT2D eigenvalue weighted by Gasteiger charge is -2.21. The van der Waals surface area contributed by atoms with Crippen molar-refractivity contribution >= 4 is 11.8 Å². The van der Waals surface area contributed by atoms with E-state index in [2.05, 4.69) is 6.07 Å². The Morgan fingerprint density at radius 3 is 3.00 bits per heavy atom. The van der Waals surface area contributed by atoms with Crippen LogP contribution in [-0.4, -0.2) is 18.7 Å². The van der Waals surface area contributed by atoms with Crippen molar-refractivity contribution in [3.8, 4) is 0 Å². The maximum absolute atomic E-state index is 11.7. The Morgan fingerprint density at radius 2 is 2.27 bits per heavy atom. The molecule has 2 rings (SSSR count). The number of carbonyl (C=O) groups excluding carboxylic acids is 1. The van der Waals surface area contributed by atoms with Crippen LogP contribution in [0.2, 0.25) is 0 Å². The molecule has 0 saturated carbocycles. The molecule has 0 spiro atoms. The molecule has 1 aliphatic heterocycles. The van der Waals surface area contributed by atoms with Crippen LogP contribution in [0.4, 0.5) is 10.5 Å². The van der Waals surface area contributed by atoms with Crippen molar-refractivity contribution in [2.75, 3.05) is 11.5 Å². The maximum atomic E-state index is 11.7. The van der Waals surface area contributed by atoms with Crippen LogP contribution >= 0.6 is 0 Å². The number of hydrogen-bond acceptors (Lipinski definition) is 2. The number of rotatable bonds is 1. The third-order valence-electron chi connectivity index (χ3n) is 2.67. The van der Waals surface area contributed by atoms with Crippen LogP contribution in [0, 0.1) is 0 Å². The highest BCUT2D eigenvalue weighted by molar-refractivity contribution is 5.91. The molecule has 1 heterocycles. The first-order valence-electron chi connectivity index (χ1n) is 5.28. The summed E-state index contributed by atoms with van der Waals surface area (Å²) in [6.45, 7) is 4.28. The van der Waals surface area contributed by atoms with Gasteiger partial charge in [0.1, 0.15) is 0 Å². The monoisotopic (exact) mass is 205 g/mol. The summed E-state index contributed by atoms with van der Waals surface area (Å²) in [5.41, 5.74) is 2.21. The van der Waals surface area contributed by atoms with E-state index in [1.165, 1.54) is 5.56 Å². The van der Waals surface area contributed by atoms with Crippen LogP contribution in [0.25, 0.3) is 0 Å². The summed E-state index contributed by atoms with van der Waals surface area (Å²) in [4.78, 5) is 13.5. The molecule has 3 heteroatoms. The SMILES string of the molecule is CCOC(=O)N1c2ccccc2C[C@H]1C. The first kappa shape index (κ1) is 10.0. The van der Waals surface area contributed by atoms with Crippen molar-refractivity contribution in [1.82, 2.24) is 0 Å². The Labute approximate surface area is 89.7 Å². The molecule has 1 aliphatic rings. The minimum absolute atomic E-state index is 0.196. The lowest BCUT2D eigenvalue weighted by molar-refractivity contribution is 0.158. The molecule has 0 aliphatic carbocycles. The molecule has 80 valence electrons. The van der Waals surface area contributed by atoms with Gasteiger partial charge in [-0.05, 0) is 31.9 Å². The van der Waals surface area contributed by atoms with Gasteiger partial charge < -0.3 is 4.74 Å². The van der Waals surface area contributed by atoms with Gasteiger partial charge in [-0.2, -0.15) is 0 Å². The number of hydrogen-bond donors (Lipinski definition) is 0. The number of benzene rings is 1. The van der Waals surface area contributed by atoms with Crippen molar-refractivity contribution in [1.29, 1.82) is 0 Å². The number of anilines is 1. The van der Waals surface area contributed by atoms with Crippen LogP contribution < -0.4 is 4.90 Å². The van der Waals surface area contributed by atoms with E-state index in [9.17, 15) is 4.79 Å². The van der Waals surface area contributed by atoms with Gasteiger partial charge in [0.25, 0.3) is 0 Å². The molecule has 1 aromatic carbocycles. The fourth-order valence-electron chi connectivity index (χ4n) is 2.04. The zero-order valence-electron chi connectivity index (χ0n) is 9.06. The smallest absolute Gasteiger partial charge is 0.414 e. The molecule has 0 unspecified atom stereocenters. The fourth-order valence-corrected chi connectivity index (χ4v) is 2.04. The minimum atomic E-state index is -0.241. The van der Waals surface area contributed by atoms with Crippen molar-refractivity contribution in [3.05, 3.63) is 29.8 Å². The molecule has 0 bridgehead atoms. The Kier molecular flexibility index (Phi) is 2.62. The molecule has 15 heavy (non-hydrogen) atoms. The Balaban J connectivity index is 2.29. The molecule has 1 atom stereocenters. The highest BCUT2D eigenvalue weighted by atomic mass is 16.6. The normalized spacial score (nSPS) is 18.8. The molecule has 0 radical (unpaired) electrons. The zero-order valence-corrected chi connectivity index (χ0v) is 9.06. The predicted octanol–water partition coefficient (Wildman–Crippen LogP) is 2.59. The van der Waals surface area contributed by atoms with Gasteiger partial charge in [-0.1, -0.05) is 18.2 Å². The van der Waals surface area contributed by atoms with Crippen molar-refractivity contribution in [3.63, 3.8) is 0 Å². The summed E-state index contributed by atoms with van der Waals surface area (Å²) in [5.74, 6) is 0. The first-order valence-corrected chi connectivity index (χ1v) is 5.28. The van der Waals surface area contributed by atoms with Gasteiger partial charge in [-0.15, -0.1) is 0 Å². The van der Waals surface area contributed by atoms with Crippen LogP contribution in [-0.2, 0) is 11.2 Å². The van der Waals surface area contributed by atoms with Crippen molar-refractivity contribution in [2.45, 2.75) is 26.3 Å². The lowest BCUT2D eigenvalue weighted by atomic mass is 10.1. The zero-order chi connectivity index (χ0) is 10.8. The largest absolute Gasteiger partial charge is 0.449 e. The van der Waals surface area contributed by atoms with Crippen LogP contribution in [0.1, 0.15) is 19.4 Å². The topological polar surface area (TPSA) is 29.5 Å². The summed E-state index contributed by atoms with van der Waals surface area (Å²) >= 11 is 0. The fraction of sp³-hybridized carbons (Fsp3) is 0.417. The van der Waals surface area contributed by atoms with E-state index < -0.39 is 0 Å². The standard InChI is InChI=1S/C12H15NO2/c1-3-15-12(14)13-9(2)8-10-6-4-5-7-11(10)13/h4-7,9H,3,8H2,1-2H3/t9-/m1/s1. The molecular formula is C12H15NO2. The lowest BCUT2D eigenvalue weighted by Crippen LogP contribution is -2.36. The van der Waals surface area contributed by atoms with Gasteiger partial charge >= 0.3 is 6.09 Å². The van der Waals surface area contributed by atoms with E-state index >= 15 is 0 Å². The van der Waals surface area contributed by atoms with Gasteiger partial charge in [-0.25, -0.2) is 4.79 Å². The van der Waals surface area contributed by atoms with Gasteiger partial charge in [-0.3, -0.25) is 4.90 Å². The number of amides is 1. The second-order valence-corrected chi connectivity index (χ2v) is 3.75. The summed E-state index contributed by atoms with van der Waals surface area (Å²) in [6, 6.07) is 8.17. The highest BCUT2D eigenvalue weighted by Crippen LogP contribution is 2.32. The Bertz CT molecular complexity index is 376. The van der Waals surface area contributed by atoms with E-state index in [0.717, 1.165) is 12.1 Å². The second kappa shape index (κ2) is 3.93. The first-order chi connectivity index (χ1) is 7.24. The quantitative estimate of drug-likeness (QED) is 0.705. The van der Waals surface area contributed by atoms with E-state index in [-0.39, 0.29) is 12.1 Å². The molecule has 0 saturated heterocycles. The number of carbonyl (C=O) groups is 1. The van der Waals surface area contributed by atoms with Crippen LogP contribution in [0.5, 0.6) is 0 Å². The van der Waals surface area contributed by atoms with Gasteiger partial charge in [0.15, 0.2) is 0 Å². The second-order valence-electron chi connectivity index (χ2n) is 3.75. The van der Waals surface area contributed by atoms with Crippen molar-refractivity contribution in [2.24, 2.45) is 0 Å². The summed E-state index contributed by atoms with van der Waals surface area (Å²) < 4.78 is 5.04. The predicted molar refractivity (Wildman–Crippen MR) is 59.1 cm³/mol. The molecule has 0 fully saturated rings. The molecule has 1 aromatic rings. The third kappa shape index (κ3) is 1.69. The third-order valence-corrected chi connectivity index (χ3v) is 2.67. The van der Waals surface area contributed by atoms with Crippen LogP contribution in [0.15, 0.2) is 24.3 Å². The van der Waals surface area contributed by atoms with Crippen molar-refractivity contribution < 1.29 is 9.53 Å². The summed E-state index contributed by atoms with van der Waals surface area (Å²) in [5, 5.41) is 0. The molecule has 0 N–H and O–H groups in total. The van der Waals surface area contributed by atoms with E-state index in [0.29, 0.717) is 6.61 Å². The number of fused-ring (bicyclic) bond motifs is 1. The average molecular weight is 205 g/mol. The number of para-hydroxylation sites is 1. The molecule has 3 nitrogen and oxygen atoms in total. The summed E-state index contributed by atoms with van der Waals surface area (Å²) in [7, 11) is 0. The number of nitrogens with zero attached hydrogens (tertiary/aromatic N) is 1. The Morgan fingerprint density at radius 1 is 1.53 bits per heavy atom. The van der Waals surface area contributed by atoms with Crippen LogP contribution in [0.3, 0.4) is 0 Å². The Hall–Kier alpha value is -1.51. The van der Waals surface area contributed by atoms with Gasteiger partial charge in [0.05, 0.1) is 12.3 Å². The van der Waals surface area contributed by atoms with Gasteiger partial charge in [0.2, 0.25) is 0 Å². The highest BCUT2D eigenvalue weighted by Gasteiger charge is 2.31. The summed E-state index contributed by atoms with van der Waals surface area (Å²) in [6.07, 6.45) is 0.671. The van der Waals surface area contributed by atoms with Gasteiger partial charge in [0, 0.05) is 6.04 Å². The molecular weight excluding hydrogens is 190 g/mol. The van der Waals surface area contributed by atoms with E-state index in [1.807, 2.05) is 32.0 Å². The molecule has 0 aromatic heterocycles. The number of ether oxygens (including phenoxy) is 1. The van der Waals surface area contributed by atoms with E-state index in [4.69, 9.17) is 4.74 Å². The average Bonchev–Trinajstić information content (AvgIpc) is 2.54.